The second kappa shape index (κ2) is 8.09. The number of methoxy groups -OCH3 is 2. The molecule has 0 bridgehead atoms. The summed E-state index contributed by atoms with van der Waals surface area (Å²) in [5.41, 5.74) is 1.81. The maximum atomic E-state index is 12.9. The molecule has 1 atom stereocenters. The van der Waals surface area contributed by atoms with Crippen molar-refractivity contribution in [2.45, 2.75) is 25.2 Å². The van der Waals surface area contributed by atoms with Crippen LogP contribution in [0.5, 0.6) is 11.5 Å². The fourth-order valence-corrected chi connectivity index (χ4v) is 4.11. The van der Waals surface area contributed by atoms with E-state index in [1.54, 1.807) is 20.4 Å². The topological polar surface area (TPSA) is 54.9 Å². The van der Waals surface area contributed by atoms with Crippen molar-refractivity contribution in [3.05, 3.63) is 47.7 Å². The summed E-state index contributed by atoms with van der Waals surface area (Å²) in [4.78, 5) is 21.6. The van der Waals surface area contributed by atoms with Crippen molar-refractivity contribution >= 4 is 11.7 Å². The van der Waals surface area contributed by atoms with Crippen LogP contribution < -0.4 is 14.4 Å². The third kappa shape index (κ3) is 3.77. The maximum Gasteiger partial charge on any atom is 0.255 e. The van der Waals surface area contributed by atoms with Crippen LogP contribution in [-0.2, 0) is 0 Å². The Bertz CT molecular complexity index is 809. The Kier molecular flexibility index (Phi) is 5.37. The number of benzene rings is 1. The summed E-state index contributed by atoms with van der Waals surface area (Å²) < 4.78 is 10.8. The van der Waals surface area contributed by atoms with Gasteiger partial charge >= 0.3 is 0 Å². The van der Waals surface area contributed by atoms with Gasteiger partial charge in [0.05, 0.1) is 19.8 Å². The molecule has 3 heterocycles. The number of hydrogen-bond acceptors (Lipinski definition) is 5. The van der Waals surface area contributed by atoms with Crippen molar-refractivity contribution in [3.63, 3.8) is 0 Å². The predicted octanol–water partition coefficient (Wildman–Crippen LogP) is 3.33. The highest BCUT2D eigenvalue weighted by Gasteiger charge is 2.29. The third-order valence-electron chi connectivity index (χ3n) is 5.75. The number of amides is 1. The minimum Gasteiger partial charge on any atom is -0.497 e. The van der Waals surface area contributed by atoms with Gasteiger partial charge in [-0.3, -0.25) is 4.79 Å². The van der Waals surface area contributed by atoms with Gasteiger partial charge in [0, 0.05) is 44.4 Å². The van der Waals surface area contributed by atoms with Gasteiger partial charge in [-0.25, -0.2) is 4.98 Å². The molecule has 148 valence electrons. The van der Waals surface area contributed by atoms with Crippen LogP contribution in [0.1, 0.15) is 41.1 Å². The number of anilines is 1. The molecule has 0 N–H and O–H groups in total. The molecule has 6 nitrogen and oxygen atoms in total. The molecule has 6 heteroatoms. The van der Waals surface area contributed by atoms with Crippen molar-refractivity contribution in [2.75, 3.05) is 45.3 Å². The summed E-state index contributed by atoms with van der Waals surface area (Å²) in [6.45, 7) is 3.55. The quantitative estimate of drug-likeness (QED) is 0.795. The molecule has 1 aromatic carbocycles. The van der Waals surface area contributed by atoms with Gasteiger partial charge in [0.1, 0.15) is 17.3 Å². The first-order chi connectivity index (χ1) is 13.7. The van der Waals surface area contributed by atoms with Gasteiger partial charge in [-0.15, -0.1) is 0 Å². The second-order valence-corrected chi connectivity index (χ2v) is 7.48. The van der Waals surface area contributed by atoms with Crippen LogP contribution in [-0.4, -0.2) is 56.2 Å². The smallest absolute Gasteiger partial charge is 0.255 e. The van der Waals surface area contributed by atoms with E-state index in [2.05, 4.69) is 9.88 Å². The van der Waals surface area contributed by atoms with Crippen LogP contribution in [0.2, 0.25) is 0 Å². The Labute approximate surface area is 166 Å². The molecule has 0 saturated carbocycles. The molecule has 2 saturated heterocycles. The number of likely N-dealkylation sites (tertiary alicyclic amines) is 1. The van der Waals surface area contributed by atoms with Gasteiger partial charge in [0.2, 0.25) is 0 Å². The van der Waals surface area contributed by atoms with Crippen LogP contribution in [0.4, 0.5) is 5.82 Å². The van der Waals surface area contributed by atoms with Crippen molar-refractivity contribution in [3.8, 4) is 11.5 Å². The van der Waals surface area contributed by atoms with Gasteiger partial charge in [0.25, 0.3) is 5.91 Å². The van der Waals surface area contributed by atoms with Crippen LogP contribution in [0.3, 0.4) is 0 Å². The first kappa shape index (κ1) is 18.6. The molecule has 2 fully saturated rings. The monoisotopic (exact) mass is 381 g/mol. The SMILES string of the molecule is COc1cc(OC)cc(C2CCN(C(=O)c3ccc(N4CCCC4)nc3)C2)c1. The van der Waals surface area contributed by atoms with Crippen molar-refractivity contribution < 1.29 is 14.3 Å². The lowest BCUT2D eigenvalue weighted by Gasteiger charge is -2.19. The third-order valence-corrected chi connectivity index (χ3v) is 5.75. The van der Waals surface area contributed by atoms with Crippen LogP contribution in [0, 0.1) is 0 Å². The van der Waals surface area contributed by atoms with E-state index in [0.717, 1.165) is 48.9 Å². The van der Waals surface area contributed by atoms with E-state index >= 15 is 0 Å². The summed E-state index contributed by atoms with van der Waals surface area (Å²) in [7, 11) is 3.31. The molecule has 2 aliphatic heterocycles. The van der Waals surface area contributed by atoms with Gasteiger partial charge in [-0.05, 0) is 49.1 Å². The molecule has 1 amide bonds. The first-order valence-corrected chi connectivity index (χ1v) is 9.91. The average molecular weight is 381 g/mol. The van der Waals surface area contributed by atoms with E-state index in [4.69, 9.17) is 9.47 Å². The van der Waals surface area contributed by atoms with Crippen molar-refractivity contribution in [2.24, 2.45) is 0 Å². The van der Waals surface area contributed by atoms with E-state index in [1.807, 2.05) is 35.2 Å². The number of nitrogens with zero attached hydrogens (tertiary/aromatic N) is 3. The zero-order chi connectivity index (χ0) is 19.5. The highest BCUT2D eigenvalue weighted by atomic mass is 16.5. The average Bonchev–Trinajstić information content (AvgIpc) is 3.45. The standard InChI is InChI=1S/C22H27N3O3/c1-27-19-11-18(12-20(13-19)28-2)17-7-10-25(15-17)22(26)16-5-6-21(23-14-16)24-8-3-4-9-24/h5-6,11-14,17H,3-4,7-10,15H2,1-2H3. The van der Waals surface area contributed by atoms with Gasteiger partial charge < -0.3 is 19.3 Å². The zero-order valence-corrected chi connectivity index (χ0v) is 16.6. The van der Waals surface area contributed by atoms with E-state index in [0.29, 0.717) is 12.1 Å². The molecule has 0 radical (unpaired) electrons. The van der Waals surface area contributed by atoms with E-state index < -0.39 is 0 Å². The van der Waals surface area contributed by atoms with Gasteiger partial charge in [0.15, 0.2) is 0 Å². The number of carbonyl (C=O) groups excluding carboxylic acids is 1. The molecule has 1 unspecified atom stereocenters. The zero-order valence-electron chi connectivity index (χ0n) is 16.6. The second-order valence-electron chi connectivity index (χ2n) is 7.48. The Balaban J connectivity index is 1.44. The summed E-state index contributed by atoms with van der Waals surface area (Å²) in [5.74, 6) is 2.86. The minimum atomic E-state index is 0.0535. The first-order valence-electron chi connectivity index (χ1n) is 9.91. The highest BCUT2D eigenvalue weighted by molar-refractivity contribution is 5.94. The molecule has 2 aromatic rings. The Morgan fingerprint density at radius 3 is 2.36 bits per heavy atom. The Morgan fingerprint density at radius 1 is 1.04 bits per heavy atom. The lowest BCUT2D eigenvalue weighted by molar-refractivity contribution is 0.0790. The maximum absolute atomic E-state index is 12.9. The summed E-state index contributed by atoms with van der Waals surface area (Å²) in [6.07, 6.45) is 5.08. The van der Waals surface area contributed by atoms with Gasteiger partial charge in [-0.1, -0.05) is 0 Å². The highest BCUT2D eigenvalue weighted by Crippen LogP contribution is 2.33. The molecule has 1 aromatic heterocycles. The number of carbonyl (C=O) groups is 1. The number of hydrogen-bond donors (Lipinski definition) is 0. The van der Waals surface area contributed by atoms with Crippen LogP contribution >= 0.6 is 0 Å². The van der Waals surface area contributed by atoms with Gasteiger partial charge in [-0.2, -0.15) is 0 Å². The molecule has 0 spiro atoms. The van der Waals surface area contributed by atoms with Crippen LogP contribution in [0.25, 0.3) is 0 Å². The summed E-state index contributed by atoms with van der Waals surface area (Å²) in [5, 5.41) is 0. The number of ether oxygens (including phenoxy) is 2. The van der Waals surface area contributed by atoms with E-state index in [9.17, 15) is 4.79 Å². The van der Waals surface area contributed by atoms with Crippen LogP contribution in [0.15, 0.2) is 36.5 Å². The molecule has 2 aliphatic rings. The molecular formula is C22H27N3O3. The van der Waals surface area contributed by atoms with Crippen molar-refractivity contribution in [1.29, 1.82) is 0 Å². The Morgan fingerprint density at radius 2 is 1.75 bits per heavy atom. The summed E-state index contributed by atoms with van der Waals surface area (Å²) in [6, 6.07) is 9.82. The number of pyridine rings is 1. The molecule has 0 aliphatic carbocycles. The lowest BCUT2D eigenvalue weighted by atomic mass is 9.98. The largest absolute Gasteiger partial charge is 0.497 e. The van der Waals surface area contributed by atoms with Crippen molar-refractivity contribution in [1.82, 2.24) is 9.88 Å². The number of aromatic nitrogens is 1. The normalized spacial score (nSPS) is 19.1. The van der Waals surface area contributed by atoms with E-state index in [1.165, 1.54) is 12.8 Å². The predicted molar refractivity (Wildman–Crippen MR) is 108 cm³/mol. The fourth-order valence-electron chi connectivity index (χ4n) is 4.11. The molecule has 28 heavy (non-hydrogen) atoms. The minimum absolute atomic E-state index is 0.0535. The van der Waals surface area contributed by atoms with E-state index in [-0.39, 0.29) is 11.8 Å². The number of rotatable bonds is 5. The summed E-state index contributed by atoms with van der Waals surface area (Å²) >= 11 is 0. The fraction of sp³-hybridized carbons (Fsp3) is 0.455. The lowest BCUT2D eigenvalue weighted by Crippen LogP contribution is -2.28. The Hall–Kier alpha value is -2.76. The molecule has 4 rings (SSSR count). The molecular weight excluding hydrogens is 354 g/mol.